The van der Waals surface area contributed by atoms with Crippen LogP contribution in [0.1, 0.15) is 49.9 Å². The van der Waals surface area contributed by atoms with Gasteiger partial charge in [-0.05, 0) is 51.7 Å². The van der Waals surface area contributed by atoms with Crippen LogP contribution in [0.25, 0.3) is 5.65 Å². The van der Waals surface area contributed by atoms with Crippen molar-refractivity contribution in [2.24, 2.45) is 4.99 Å². The molecule has 1 N–H and O–H groups in total. The second-order valence-electron chi connectivity index (χ2n) is 7.24. The molecule has 1 unspecified atom stereocenters. The van der Waals surface area contributed by atoms with Crippen molar-refractivity contribution in [2.45, 2.75) is 45.6 Å². The number of nitrogens with zero attached hydrogens (tertiary/aromatic N) is 5. The van der Waals surface area contributed by atoms with Gasteiger partial charge in [-0.3, -0.25) is 9.79 Å². The summed E-state index contributed by atoms with van der Waals surface area (Å²) in [5.41, 5.74) is 1.81. The molecule has 2 aromatic heterocycles. The molecule has 2 aromatic rings. The van der Waals surface area contributed by atoms with Gasteiger partial charge in [-0.2, -0.15) is 5.10 Å². The van der Waals surface area contributed by atoms with Crippen molar-refractivity contribution in [3.05, 3.63) is 48.7 Å². The monoisotopic (exact) mass is 398 g/mol. The molecular formula is C21H27FN6O. The first-order valence-electron chi connectivity index (χ1n) is 9.90. The Labute approximate surface area is 170 Å². The van der Waals surface area contributed by atoms with Crippen LogP contribution in [-0.4, -0.2) is 45.3 Å². The van der Waals surface area contributed by atoms with Crippen LogP contribution in [0.5, 0.6) is 0 Å². The first kappa shape index (κ1) is 20.7. The zero-order chi connectivity index (χ0) is 20.8. The van der Waals surface area contributed by atoms with E-state index < -0.39 is 5.83 Å². The van der Waals surface area contributed by atoms with Crippen molar-refractivity contribution in [1.82, 2.24) is 19.9 Å². The minimum atomic E-state index is -0.471. The number of amides is 1. The third-order valence-electron chi connectivity index (χ3n) is 5.05. The zero-order valence-electron chi connectivity index (χ0n) is 16.9. The van der Waals surface area contributed by atoms with Gasteiger partial charge in [0.2, 0.25) is 0 Å². The molecule has 3 rings (SSSR count). The van der Waals surface area contributed by atoms with Crippen molar-refractivity contribution in [3.8, 4) is 0 Å². The third kappa shape index (κ3) is 5.07. The Hall–Kier alpha value is -3.03. The molecule has 0 aromatic carbocycles. The first-order valence-corrected chi connectivity index (χ1v) is 9.90. The van der Waals surface area contributed by atoms with Crippen LogP contribution in [0.2, 0.25) is 0 Å². The van der Waals surface area contributed by atoms with Crippen LogP contribution >= 0.6 is 0 Å². The average Bonchev–Trinajstić information content (AvgIpc) is 3.34. The summed E-state index contributed by atoms with van der Waals surface area (Å²) in [5, 5.41) is 7.14. The van der Waals surface area contributed by atoms with Crippen LogP contribution in [0.4, 0.5) is 10.2 Å². The molecule has 1 aliphatic rings. The van der Waals surface area contributed by atoms with Gasteiger partial charge in [0, 0.05) is 31.0 Å². The first-order chi connectivity index (χ1) is 14.0. The predicted molar refractivity (Wildman–Crippen MR) is 113 cm³/mol. The molecule has 154 valence electrons. The van der Waals surface area contributed by atoms with Gasteiger partial charge in [0.25, 0.3) is 5.91 Å². The van der Waals surface area contributed by atoms with E-state index in [0.717, 1.165) is 43.2 Å². The maximum absolute atomic E-state index is 13.0. The summed E-state index contributed by atoms with van der Waals surface area (Å²) in [4.78, 5) is 23.6. The highest BCUT2D eigenvalue weighted by atomic mass is 19.1. The summed E-state index contributed by atoms with van der Waals surface area (Å²) in [5.74, 6) is 0.205. The lowest BCUT2D eigenvalue weighted by Crippen LogP contribution is -2.27. The lowest BCUT2D eigenvalue weighted by molar-refractivity contribution is 0.0955. The molecule has 1 atom stereocenters. The van der Waals surface area contributed by atoms with E-state index >= 15 is 0 Å². The number of halogens is 1. The maximum atomic E-state index is 13.0. The molecule has 0 saturated carbocycles. The van der Waals surface area contributed by atoms with E-state index in [-0.39, 0.29) is 5.91 Å². The van der Waals surface area contributed by atoms with E-state index in [1.165, 1.54) is 0 Å². The van der Waals surface area contributed by atoms with E-state index in [1.54, 1.807) is 10.7 Å². The number of aliphatic imine (C=N–C) groups is 1. The fourth-order valence-electron chi connectivity index (χ4n) is 3.38. The largest absolute Gasteiger partial charge is 0.354 e. The Morgan fingerprint density at radius 3 is 3.07 bits per heavy atom. The highest BCUT2D eigenvalue weighted by molar-refractivity contribution is 5.99. The number of aromatic nitrogens is 3. The van der Waals surface area contributed by atoms with Gasteiger partial charge in [-0.15, -0.1) is 0 Å². The number of anilines is 1. The minimum absolute atomic E-state index is 0.202. The lowest BCUT2D eigenvalue weighted by atomic mass is 10.2. The van der Waals surface area contributed by atoms with E-state index in [2.05, 4.69) is 33.8 Å². The molecule has 1 amide bonds. The molecule has 0 bridgehead atoms. The number of fused-ring (bicyclic) bond motifs is 1. The number of hydrogen-bond donors (Lipinski definition) is 1. The van der Waals surface area contributed by atoms with Crippen molar-refractivity contribution in [2.75, 3.05) is 18.0 Å². The molecule has 1 aliphatic heterocycles. The Kier molecular flexibility index (Phi) is 6.74. The highest BCUT2D eigenvalue weighted by Crippen LogP contribution is 2.24. The van der Waals surface area contributed by atoms with Gasteiger partial charge in [0.15, 0.2) is 5.65 Å². The summed E-state index contributed by atoms with van der Waals surface area (Å²) in [6.07, 6.45) is 9.30. The second-order valence-corrected chi connectivity index (χ2v) is 7.24. The van der Waals surface area contributed by atoms with Crippen LogP contribution in [0, 0.1) is 0 Å². The Bertz CT molecular complexity index is 948. The van der Waals surface area contributed by atoms with Crippen molar-refractivity contribution in [3.63, 3.8) is 0 Å². The molecule has 0 radical (unpaired) electrons. The van der Waals surface area contributed by atoms with Gasteiger partial charge < -0.3 is 10.2 Å². The van der Waals surface area contributed by atoms with Crippen LogP contribution < -0.4 is 10.2 Å². The van der Waals surface area contributed by atoms with E-state index in [0.29, 0.717) is 36.6 Å². The number of carbonyl (C=O) groups is 1. The minimum Gasteiger partial charge on any atom is -0.354 e. The molecule has 1 fully saturated rings. The number of nitrogens with one attached hydrogen (secondary N) is 1. The summed E-state index contributed by atoms with van der Waals surface area (Å²) in [7, 11) is 0. The number of rotatable bonds is 8. The fraction of sp³-hybridized carbons (Fsp3) is 0.429. The van der Waals surface area contributed by atoms with E-state index in [9.17, 15) is 9.18 Å². The topological polar surface area (TPSA) is 74.9 Å². The van der Waals surface area contributed by atoms with Crippen LogP contribution in [0.15, 0.2) is 48.1 Å². The Balaban J connectivity index is 1.60. The normalized spacial score (nSPS) is 17.8. The van der Waals surface area contributed by atoms with Gasteiger partial charge in [0.05, 0.1) is 12.4 Å². The fourth-order valence-corrected chi connectivity index (χ4v) is 3.38. The molecule has 0 aliphatic carbocycles. The number of hydrogen-bond acceptors (Lipinski definition) is 5. The smallest absolute Gasteiger partial charge is 0.256 e. The molecule has 7 nitrogen and oxygen atoms in total. The quantitative estimate of drug-likeness (QED) is 0.418. The van der Waals surface area contributed by atoms with E-state index in [4.69, 9.17) is 4.98 Å². The van der Waals surface area contributed by atoms with Crippen molar-refractivity contribution < 1.29 is 9.18 Å². The molecule has 1 saturated heterocycles. The molecule has 8 heteroatoms. The van der Waals surface area contributed by atoms with Gasteiger partial charge in [-0.25, -0.2) is 13.9 Å². The second kappa shape index (κ2) is 9.45. The Morgan fingerprint density at radius 1 is 1.52 bits per heavy atom. The summed E-state index contributed by atoms with van der Waals surface area (Å²) in [6, 6.07) is 2.39. The summed E-state index contributed by atoms with van der Waals surface area (Å²) < 4.78 is 14.6. The van der Waals surface area contributed by atoms with Gasteiger partial charge >= 0.3 is 0 Å². The van der Waals surface area contributed by atoms with Gasteiger partial charge in [-0.1, -0.05) is 6.58 Å². The van der Waals surface area contributed by atoms with Crippen LogP contribution in [0.3, 0.4) is 0 Å². The molecule has 0 spiro atoms. The zero-order valence-corrected chi connectivity index (χ0v) is 16.9. The SMILES string of the molecule is C=C/C(F)=C\N=C(/C)CCCNC(=O)c1cnn2ccc(N3CCCC3C)nc12. The highest BCUT2D eigenvalue weighted by Gasteiger charge is 2.23. The number of allylic oxidation sites excluding steroid dienone is 2. The summed E-state index contributed by atoms with van der Waals surface area (Å²) >= 11 is 0. The molecule has 3 heterocycles. The average molecular weight is 398 g/mol. The standard InChI is InChI=1S/C21H27FN6O/c1-4-17(22)13-24-15(2)7-5-10-23-21(29)18-14-25-28-12-9-19(26-20(18)28)27-11-6-8-16(27)3/h4,9,12-14,16H,1,5-8,10-11H2,2-3H3,(H,23,29)/b17-13+,24-15+. The van der Waals surface area contributed by atoms with E-state index in [1.807, 2.05) is 19.2 Å². The van der Waals surface area contributed by atoms with Gasteiger partial charge in [0.1, 0.15) is 17.2 Å². The van der Waals surface area contributed by atoms with Crippen LogP contribution in [-0.2, 0) is 0 Å². The maximum Gasteiger partial charge on any atom is 0.256 e. The molecular weight excluding hydrogens is 371 g/mol. The number of carbonyl (C=O) groups excluding carboxylic acids is 1. The van der Waals surface area contributed by atoms with Crippen molar-refractivity contribution >= 4 is 23.1 Å². The lowest BCUT2D eigenvalue weighted by Gasteiger charge is -2.22. The predicted octanol–water partition coefficient (Wildman–Crippen LogP) is 3.69. The van der Waals surface area contributed by atoms with Crippen molar-refractivity contribution in [1.29, 1.82) is 0 Å². The molecule has 29 heavy (non-hydrogen) atoms. The Morgan fingerprint density at radius 2 is 2.34 bits per heavy atom. The third-order valence-corrected chi connectivity index (χ3v) is 5.05. The summed E-state index contributed by atoms with van der Waals surface area (Å²) in [6.45, 7) is 8.82.